The van der Waals surface area contributed by atoms with Crippen molar-refractivity contribution in [3.8, 4) is 11.5 Å². The average Bonchev–Trinajstić information content (AvgIpc) is 2.24. The minimum Gasteiger partial charge on any atom is -0.427 e. The maximum Gasteiger partial charge on any atom is 0.308 e. The molecule has 1 aromatic rings. The summed E-state index contributed by atoms with van der Waals surface area (Å²) < 4.78 is 33.0. The van der Waals surface area contributed by atoms with Crippen LogP contribution in [-0.2, 0) is 19.4 Å². The molecule has 0 saturated carbocycles. The van der Waals surface area contributed by atoms with E-state index in [1.807, 2.05) is 0 Å². The van der Waals surface area contributed by atoms with Crippen molar-refractivity contribution in [2.45, 2.75) is 26.0 Å². The number of rotatable bonds is 4. The molecule has 0 aliphatic heterocycles. The quantitative estimate of drug-likeness (QED) is 0.620. The van der Waals surface area contributed by atoms with Crippen LogP contribution in [-0.4, -0.2) is 26.6 Å². The van der Waals surface area contributed by atoms with Gasteiger partial charge in [0.05, 0.1) is 5.25 Å². The number of ether oxygens (including phenoxy) is 2. The Bertz CT molecular complexity index is 598. The van der Waals surface area contributed by atoms with E-state index in [-0.39, 0.29) is 11.5 Å². The van der Waals surface area contributed by atoms with Gasteiger partial charge < -0.3 is 9.47 Å². The van der Waals surface area contributed by atoms with Crippen molar-refractivity contribution in [3.05, 3.63) is 23.8 Å². The summed E-state index contributed by atoms with van der Waals surface area (Å²) in [6.45, 7) is 3.94. The summed E-state index contributed by atoms with van der Waals surface area (Å²) in [6, 6.07) is 4.21. The molecule has 0 amide bonds. The van der Waals surface area contributed by atoms with Crippen LogP contribution >= 0.6 is 0 Å². The van der Waals surface area contributed by atoms with Gasteiger partial charge in [0.2, 0.25) is 0 Å². The van der Waals surface area contributed by atoms with Gasteiger partial charge in [-0.3, -0.25) is 9.59 Å². The van der Waals surface area contributed by atoms with E-state index in [2.05, 4.69) is 0 Å². The molecule has 1 rings (SSSR count). The van der Waals surface area contributed by atoms with E-state index in [4.69, 9.17) is 9.47 Å². The van der Waals surface area contributed by atoms with Gasteiger partial charge in [-0.05, 0) is 24.6 Å². The lowest BCUT2D eigenvalue weighted by molar-refractivity contribution is -0.132. The molecule has 0 aliphatic carbocycles. The fourth-order valence-corrected chi connectivity index (χ4v) is 2.16. The predicted octanol–water partition coefficient (Wildman–Crippen LogP) is 1.64. The molecule has 1 atom stereocenters. The van der Waals surface area contributed by atoms with Gasteiger partial charge in [-0.2, -0.15) is 0 Å². The van der Waals surface area contributed by atoms with Gasteiger partial charge in [-0.1, -0.05) is 0 Å². The van der Waals surface area contributed by atoms with Crippen molar-refractivity contribution in [3.63, 3.8) is 0 Å². The molecular formula is C13H16O6S. The number of benzene rings is 1. The Labute approximate surface area is 117 Å². The first-order valence-corrected chi connectivity index (χ1v) is 7.75. The second kappa shape index (κ2) is 6.04. The molecule has 1 unspecified atom stereocenters. The van der Waals surface area contributed by atoms with Crippen LogP contribution in [0.1, 0.15) is 31.6 Å². The molecule has 0 fully saturated rings. The number of esters is 2. The molecule has 20 heavy (non-hydrogen) atoms. The fraction of sp³-hybridized carbons (Fsp3) is 0.385. The van der Waals surface area contributed by atoms with Crippen LogP contribution in [0.3, 0.4) is 0 Å². The Morgan fingerprint density at radius 3 is 1.70 bits per heavy atom. The summed E-state index contributed by atoms with van der Waals surface area (Å²) in [5, 5.41) is -0.813. The standard InChI is InChI=1S/C13H16O6S/c1-8(20(4,16)17)11-5-12(18-9(2)14)7-13(6-11)19-10(3)15/h5-8H,1-4H3. The van der Waals surface area contributed by atoms with Crippen molar-refractivity contribution in [2.24, 2.45) is 0 Å². The van der Waals surface area contributed by atoms with Crippen LogP contribution in [0.4, 0.5) is 0 Å². The summed E-state index contributed by atoms with van der Waals surface area (Å²) in [6.07, 6.45) is 1.10. The first-order valence-electron chi connectivity index (χ1n) is 5.80. The second-order valence-corrected chi connectivity index (χ2v) is 6.76. The lowest BCUT2D eigenvalue weighted by Crippen LogP contribution is -2.10. The van der Waals surface area contributed by atoms with Crippen LogP contribution in [0.2, 0.25) is 0 Å². The summed E-state index contributed by atoms with van der Waals surface area (Å²) in [7, 11) is -3.33. The Kier molecular flexibility index (Phi) is 4.88. The van der Waals surface area contributed by atoms with Crippen molar-refractivity contribution >= 4 is 21.8 Å². The van der Waals surface area contributed by atoms with E-state index in [0.29, 0.717) is 5.56 Å². The Hall–Kier alpha value is -1.89. The molecule has 0 bridgehead atoms. The summed E-state index contributed by atoms with van der Waals surface area (Å²) in [5.74, 6) is -0.852. The molecule has 0 heterocycles. The normalized spacial score (nSPS) is 12.6. The highest BCUT2D eigenvalue weighted by molar-refractivity contribution is 7.90. The third kappa shape index (κ3) is 4.65. The maximum absolute atomic E-state index is 11.6. The van der Waals surface area contributed by atoms with Crippen LogP contribution in [0.15, 0.2) is 18.2 Å². The summed E-state index contributed by atoms with van der Waals surface area (Å²) >= 11 is 0. The van der Waals surface area contributed by atoms with E-state index in [1.165, 1.54) is 39.0 Å². The van der Waals surface area contributed by atoms with E-state index >= 15 is 0 Å². The smallest absolute Gasteiger partial charge is 0.308 e. The Balaban J connectivity index is 3.29. The number of sulfone groups is 1. The van der Waals surface area contributed by atoms with E-state index in [9.17, 15) is 18.0 Å². The zero-order valence-corrected chi connectivity index (χ0v) is 12.5. The van der Waals surface area contributed by atoms with Gasteiger partial charge in [0.25, 0.3) is 0 Å². The molecular weight excluding hydrogens is 284 g/mol. The molecule has 0 N–H and O–H groups in total. The molecule has 0 radical (unpaired) electrons. The SMILES string of the molecule is CC(=O)Oc1cc(OC(C)=O)cc(C(C)S(C)(=O)=O)c1. The predicted molar refractivity (Wildman–Crippen MR) is 72.3 cm³/mol. The lowest BCUT2D eigenvalue weighted by atomic mass is 10.1. The van der Waals surface area contributed by atoms with E-state index in [0.717, 1.165) is 6.26 Å². The molecule has 0 saturated heterocycles. The third-order valence-electron chi connectivity index (χ3n) is 2.54. The van der Waals surface area contributed by atoms with Crippen molar-refractivity contribution in [1.29, 1.82) is 0 Å². The molecule has 0 aromatic heterocycles. The van der Waals surface area contributed by atoms with Crippen LogP contribution in [0.5, 0.6) is 11.5 Å². The van der Waals surface area contributed by atoms with Crippen molar-refractivity contribution < 1.29 is 27.5 Å². The Morgan fingerprint density at radius 2 is 1.40 bits per heavy atom. The van der Waals surface area contributed by atoms with Gasteiger partial charge in [-0.25, -0.2) is 8.42 Å². The zero-order chi connectivity index (χ0) is 15.5. The van der Waals surface area contributed by atoms with Crippen molar-refractivity contribution in [1.82, 2.24) is 0 Å². The van der Waals surface area contributed by atoms with Crippen molar-refractivity contribution in [2.75, 3.05) is 6.26 Å². The third-order valence-corrected chi connectivity index (χ3v) is 4.09. The van der Waals surface area contributed by atoms with Gasteiger partial charge >= 0.3 is 11.9 Å². The van der Waals surface area contributed by atoms with E-state index in [1.54, 1.807) is 0 Å². The van der Waals surface area contributed by atoms with Gasteiger partial charge in [-0.15, -0.1) is 0 Å². The van der Waals surface area contributed by atoms with Crippen LogP contribution in [0, 0.1) is 0 Å². The topological polar surface area (TPSA) is 86.7 Å². The number of hydrogen-bond donors (Lipinski definition) is 0. The van der Waals surface area contributed by atoms with Crippen LogP contribution < -0.4 is 9.47 Å². The average molecular weight is 300 g/mol. The highest BCUT2D eigenvalue weighted by Crippen LogP contribution is 2.30. The van der Waals surface area contributed by atoms with Gasteiger partial charge in [0, 0.05) is 26.2 Å². The Morgan fingerprint density at radius 1 is 1.00 bits per heavy atom. The number of hydrogen-bond acceptors (Lipinski definition) is 6. The molecule has 1 aromatic carbocycles. The van der Waals surface area contributed by atoms with E-state index < -0.39 is 27.0 Å². The fourth-order valence-electron chi connectivity index (χ4n) is 1.53. The first kappa shape index (κ1) is 16.2. The maximum atomic E-state index is 11.6. The number of carbonyl (C=O) groups is 2. The minimum absolute atomic E-state index is 0.127. The molecule has 7 heteroatoms. The summed E-state index contributed by atoms with van der Waals surface area (Å²) in [4.78, 5) is 22.0. The lowest BCUT2D eigenvalue weighted by Gasteiger charge is -2.13. The van der Waals surface area contributed by atoms with Gasteiger partial charge in [0.1, 0.15) is 11.5 Å². The largest absolute Gasteiger partial charge is 0.427 e. The highest BCUT2D eigenvalue weighted by Gasteiger charge is 2.19. The molecule has 0 aliphatic rings. The first-order chi connectivity index (χ1) is 9.09. The molecule has 6 nitrogen and oxygen atoms in total. The molecule has 0 spiro atoms. The zero-order valence-electron chi connectivity index (χ0n) is 11.7. The summed E-state index contributed by atoms with van der Waals surface area (Å²) in [5.41, 5.74) is 0.377. The molecule has 110 valence electrons. The van der Waals surface area contributed by atoms with Gasteiger partial charge in [0.15, 0.2) is 9.84 Å². The monoisotopic (exact) mass is 300 g/mol. The highest BCUT2D eigenvalue weighted by atomic mass is 32.2. The second-order valence-electron chi connectivity index (χ2n) is 4.40. The minimum atomic E-state index is -3.33. The van der Waals surface area contributed by atoms with Crippen LogP contribution in [0.25, 0.3) is 0 Å². The number of carbonyl (C=O) groups excluding carboxylic acids is 2.